The van der Waals surface area contributed by atoms with Gasteiger partial charge in [-0.25, -0.2) is 9.78 Å². The second-order valence-electron chi connectivity index (χ2n) is 7.11. The van der Waals surface area contributed by atoms with Crippen LogP contribution in [0, 0.1) is 0 Å². The first kappa shape index (κ1) is 27.0. The van der Waals surface area contributed by atoms with Gasteiger partial charge >= 0.3 is 5.97 Å². The lowest BCUT2D eigenvalue weighted by molar-refractivity contribution is -0.136. The van der Waals surface area contributed by atoms with Crippen molar-refractivity contribution >= 4 is 17.4 Å². The molecule has 184 valence electrons. The minimum Gasteiger partial charge on any atom is -0.465 e. The molecule has 2 aromatic rings. The van der Waals surface area contributed by atoms with Crippen LogP contribution in [0.3, 0.4) is 0 Å². The molecule has 8 heteroatoms. The Morgan fingerprint density at radius 2 is 1.94 bits per heavy atom. The number of methoxy groups -OCH3 is 1. The second kappa shape index (κ2) is 12.9. The lowest BCUT2D eigenvalue weighted by Crippen LogP contribution is -2.31. The monoisotopic (exact) mass is 475 g/mol. The van der Waals surface area contributed by atoms with Crippen molar-refractivity contribution in [2.45, 2.75) is 33.6 Å². The summed E-state index contributed by atoms with van der Waals surface area (Å²) in [5.74, 6) is -0.660. The molecule has 0 radical (unpaired) electrons. The predicted molar refractivity (Wildman–Crippen MR) is 140 cm³/mol. The first-order valence-electron chi connectivity index (χ1n) is 11.3. The van der Waals surface area contributed by atoms with E-state index in [0.29, 0.717) is 22.8 Å². The van der Waals surface area contributed by atoms with E-state index in [9.17, 15) is 4.79 Å². The van der Waals surface area contributed by atoms with E-state index in [-0.39, 0.29) is 11.5 Å². The highest BCUT2D eigenvalue weighted by Gasteiger charge is 2.38. The summed E-state index contributed by atoms with van der Waals surface area (Å²) in [7, 11) is 2.97. The Balaban J connectivity index is 0.00000210. The number of rotatable bonds is 7. The molecule has 2 N–H and O–H groups in total. The molecule has 0 amide bonds. The molecular formula is C27H33N5O3. The standard InChI is InChI=1S/C25H27N5O3.C2H6/c1-6-12-29-19(7-2)23(27-4)20-16(3)33-24(26)22(25(31)32-5)21(20)17-8-10-18(11-9-17)30-14-13-28-15-30;1-2/h6-15,21H,2,26H2,1,3-5H3;1-2H3/b12-6-,27-23?,29-19?;. The molecule has 1 aliphatic heterocycles. The van der Waals surface area contributed by atoms with Crippen molar-refractivity contribution in [3.8, 4) is 5.69 Å². The largest absolute Gasteiger partial charge is 0.465 e. The molecule has 0 aliphatic carbocycles. The lowest BCUT2D eigenvalue weighted by Gasteiger charge is -2.30. The summed E-state index contributed by atoms with van der Waals surface area (Å²) in [5.41, 5.74) is 9.86. The average molecular weight is 476 g/mol. The van der Waals surface area contributed by atoms with E-state index in [4.69, 9.17) is 15.2 Å². The van der Waals surface area contributed by atoms with Crippen molar-refractivity contribution in [1.82, 2.24) is 9.55 Å². The Hall–Kier alpha value is -4.20. The summed E-state index contributed by atoms with van der Waals surface area (Å²) in [6.45, 7) is 11.5. The fourth-order valence-electron chi connectivity index (χ4n) is 3.72. The van der Waals surface area contributed by atoms with Gasteiger partial charge in [-0.3, -0.25) is 9.98 Å². The number of aliphatic imine (C=N–C) groups is 2. The molecule has 0 saturated carbocycles. The van der Waals surface area contributed by atoms with Crippen molar-refractivity contribution in [3.05, 3.63) is 96.3 Å². The molecule has 0 bridgehead atoms. The van der Waals surface area contributed by atoms with E-state index in [1.165, 1.54) is 7.11 Å². The number of carbonyl (C=O) groups is 1. The Morgan fingerprint density at radius 1 is 1.26 bits per heavy atom. The van der Waals surface area contributed by atoms with E-state index < -0.39 is 11.9 Å². The molecule has 0 spiro atoms. The highest BCUT2D eigenvalue weighted by Crippen LogP contribution is 2.41. The van der Waals surface area contributed by atoms with Crippen LogP contribution < -0.4 is 5.73 Å². The van der Waals surface area contributed by atoms with Gasteiger partial charge in [0.05, 0.1) is 30.8 Å². The van der Waals surface area contributed by atoms with Gasteiger partial charge in [0, 0.05) is 36.9 Å². The summed E-state index contributed by atoms with van der Waals surface area (Å²) >= 11 is 0. The lowest BCUT2D eigenvalue weighted by atomic mass is 9.79. The van der Waals surface area contributed by atoms with Crippen LogP contribution in [-0.2, 0) is 14.3 Å². The van der Waals surface area contributed by atoms with E-state index in [1.54, 1.807) is 44.8 Å². The van der Waals surface area contributed by atoms with Crippen LogP contribution >= 0.6 is 0 Å². The number of ether oxygens (including phenoxy) is 2. The fraction of sp³-hybridized carbons (Fsp3) is 0.259. The number of allylic oxidation sites excluding steroid dienone is 4. The van der Waals surface area contributed by atoms with Gasteiger partial charge in [-0.15, -0.1) is 0 Å². The maximum Gasteiger partial charge on any atom is 0.340 e. The Kier molecular flexibility index (Phi) is 9.96. The van der Waals surface area contributed by atoms with Gasteiger partial charge in [-0.05, 0) is 37.6 Å². The second-order valence-corrected chi connectivity index (χ2v) is 7.11. The first-order chi connectivity index (χ1) is 17.0. The number of hydrogen-bond donors (Lipinski definition) is 1. The van der Waals surface area contributed by atoms with Gasteiger partial charge in [-0.1, -0.05) is 38.6 Å². The normalized spacial score (nSPS) is 16.6. The molecule has 1 aromatic carbocycles. The summed E-state index contributed by atoms with van der Waals surface area (Å²) in [5, 5.41) is 0. The maximum atomic E-state index is 12.8. The van der Waals surface area contributed by atoms with Crippen LogP contribution in [0.4, 0.5) is 0 Å². The average Bonchev–Trinajstić information content (AvgIpc) is 3.43. The van der Waals surface area contributed by atoms with E-state index in [0.717, 1.165) is 11.3 Å². The number of esters is 1. The van der Waals surface area contributed by atoms with Crippen molar-refractivity contribution in [2.75, 3.05) is 14.2 Å². The molecule has 1 atom stereocenters. The Bertz CT molecular complexity index is 1180. The minimum atomic E-state index is -0.586. The van der Waals surface area contributed by atoms with Crippen molar-refractivity contribution < 1.29 is 14.3 Å². The van der Waals surface area contributed by atoms with Gasteiger partial charge < -0.3 is 19.8 Å². The number of nitrogens with two attached hydrogens (primary N) is 1. The summed E-state index contributed by atoms with van der Waals surface area (Å²) in [4.78, 5) is 25.8. The third-order valence-electron chi connectivity index (χ3n) is 5.20. The summed E-state index contributed by atoms with van der Waals surface area (Å²) in [6.07, 6.45) is 10.3. The number of nitrogens with zero attached hydrogens (tertiary/aromatic N) is 4. The van der Waals surface area contributed by atoms with Gasteiger partial charge in [0.1, 0.15) is 11.3 Å². The Labute approximate surface area is 206 Å². The molecule has 0 saturated heterocycles. The third-order valence-corrected chi connectivity index (χ3v) is 5.20. The van der Waals surface area contributed by atoms with E-state index in [1.807, 2.05) is 55.8 Å². The smallest absolute Gasteiger partial charge is 0.340 e. The molecular weight excluding hydrogens is 442 g/mol. The number of imidazole rings is 1. The fourth-order valence-corrected chi connectivity index (χ4v) is 3.72. The number of aromatic nitrogens is 2. The molecule has 1 unspecified atom stereocenters. The number of carbonyl (C=O) groups excluding carboxylic acids is 1. The maximum absolute atomic E-state index is 12.8. The minimum absolute atomic E-state index is 0.00668. The molecule has 2 heterocycles. The summed E-state index contributed by atoms with van der Waals surface area (Å²) in [6, 6.07) is 7.74. The Morgan fingerprint density at radius 3 is 2.46 bits per heavy atom. The van der Waals surface area contributed by atoms with Crippen molar-refractivity contribution in [1.29, 1.82) is 0 Å². The van der Waals surface area contributed by atoms with Gasteiger partial charge in [0.25, 0.3) is 0 Å². The van der Waals surface area contributed by atoms with E-state index in [2.05, 4.69) is 21.5 Å². The third kappa shape index (κ3) is 5.84. The molecule has 1 aromatic heterocycles. The SMILES string of the molecule is C=CC(=N/C=C\C)C(=NC)C1=C(C)OC(N)=C(C(=O)OC)C1c1ccc(-n2ccnc2)cc1.CC. The zero-order valence-electron chi connectivity index (χ0n) is 21.1. The number of hydrogen-bond acceptors (Lipinski definition) is 7. The summed E-state index contributed by atoms with van der Waals surface area (Å²) < 4.78 is 12.7. The molecule has 0 fully saturated rings. The molecule has 35 heavy (non-hydrogen) atoms. The topological polar surface area (TPSA) is 104 Å². The van der Waals surface area contributed by atoms with E-state index >= 15 is 0 Å². The molecule has 3 rings (SSSR count). The van der Waals surface area contributed by atoms with Gasteiger partial charge in [-0.2, -0.15) is 0 Å². The predicted octanol–water partition coefficient (Wildman–Crippen LogP) is 4.86. The zero-order chi connectivity index (χ0) is 26.0. The number of benzene rings is 1. The van der Waals surface area contributed by atoms with Crippen molar-refractivity contribution in [2.24, 2.45) is 15.7 Å². The highest BCUT2D eigenvalue weighted by molar-refractivity contribution is 6.52. The van der Waals surface area contributed by atoms with Gasteiger partial charge in [0.15, 0.2) is 0 Å². The van der Waals surface area contributed by atoms with Crippen LogP contribution in [0.2, 0.25) is 0 Å². The van der Waals surface area contributed by atoms with Crippen LogP contribution in [-0.4, -0.2) is 41.1 Å². The van der Waals surface area contributed by atoms with Crippen LogP contribution in [0.1, 0.15) is 39.2 Å². The zero-order valence-corrected chi connectivity index (χ0v) is 21.1. The van der Waals surface area contributed by atoms with Crippen molar-refractivity contribution in [3.63, 3.8) is 0 Å². The first-order valence-corrected chi connectivity index (χ1v) is 11.3. The van der Waals surface area contributed by atoms with Gasteiger partial charge in [0.2, 0.25) is 5.88 Å². The molecule has 1 aliphatic rings. The van der Waals surface area contributed by atoms with Crippen LogP contribution in [0.25, 0.3) is 5.69 Å². The van der Waals surface area contributed by atoms with Crippen LogP contribution in [0.15, 0.2) is 101 Å². The molecule has 8 nitrogen and oxygen atoms in total. The quantitative estimate of drug-likeness (QED) is 0.455. The van der Waals surface area contributed by atoms with Crippen LogP contribution in [0.5, 0.6) is 0 Å². The highest BCUT2D eigenvalue weighted by atomic mass is 16.5.